The quantitative estimate of drug-likeness (QED) is 0.0469. The number of rotatable bonds is 27. The molecule has 65 heavy (non-hydrogen) atoms. The zero-order valence-electron chi connectivity index (χ0n) is 35.7. The molecule has 10 N–H and O–H groups in total. The lowest BCUT2D eigenvalue weighted by Gasteiger charge is -2.21. The molecule has 3 aliphatic heterocycles. The number of phenolic OH excluding ortho intramolecular Hbond substituents is 1. The SMILES string of the molecule is N[C@@H]1[C@H](CCCCC(=O)NCCCOCCOCCOCCCNC(=O)[C@@H](CC(=O)N2C(=O)SC(Cc3ccc(O)cc3)C2=O)NC(=O)c2ccc(C3(C(F)(F)F)NN3)cc2)SC[C@@H]1N. The molecule has 6 amide bonds. The number of aromatic hydroxyl groups is 1. The molecule has 3 aliphatic rings. The van der Waals surface area contributed by atoms with Crippen molar-refractivity contribution in [2.45, 2.75) is 91.8 Å². The van der Waals surface area contributed by atoms with Crippen LogP contribution in [0.25, 0.3) is 0 Å². The fraction of sp³-hybridized carbons (Fsp3) is 0.571. The van der Waals surface area contributed by atoms with E-state index in [0.29, 0.717) is 73.1 Å². The summed E-state index contributed by atoms with van der Waals surface area (Å²) in [5.74, 6) is -2.65. The number of carbonyl (C=O) groups is 6. The van der Waals surface area contributed by atoms with Crippen molar-refractivity contribution < 1.29 is 61.3 Å². The average molecular weight is 955 g/mol. The standard InChI is InChI=1S/C42H57F3N8O10S2/c43-42(44,45)41(51-52-41)28-11-9-27(10-12-28)37(57)50-31(24-35(56)53-39(59)33(65-40(53)60)23-26-7-13-29(54)14-8-26)38(58)49-16-4-18-62-20-22-63-21-19-61-17-3-15-48-34(55)6-2-1-5-32-36(47)30(46)25-64-32/h7-14,30-33,36,51-52,54H,1-6,15-25,46-47H2,(H,48,55)(H,49,58)(H,50,57)/t30-,31+,32-,33?,36-/m0/s1. The average Bonchev–Trinajstić information content (AvgIpc) is 3.98. The summed E-state index contributed by atoms with van der Waals surface area (Å²) in [4.78, 5) is 78.7. The molecule has 3 fully saturated rings. The van der Waals surface area contributed by atoms with Crippen LogP contribution >= 0.6 is 23.5 Å². The van der Waals surface area contributed by atoms with Crippen molar-refractivity contribution in [1.29, 1.82) is 0 Å². The number of alkyl halides is 3. The van der Waals surface area contributed by atoms with Gasteiger partial charge in [-0.3, -0.25) is 28.8 Å². The van der Waals surface area contributed by atoms with Gasteiger partial charge in [0.2, 0.25) is 23.4 Å². The van der Waals surface area contributed by atoms with Crippen LogP contribution in [0.3, 0.4) is 0 Å². The maximum Gasteiger partial charge on any atom is 0.426 e. The first-order valence-corrected chi connectivity index (χ1v) is 23.3. The Hall–Kier alpha value is -4.33. The summed E-state index contributed by atoms with van der Waals surface area (Å²) in [5, 5.41) is 16.0. The first-order chi connectivity index (χ1) is 31.1. The molecule has 0 aromatic heterocycles. The molecule has 0 spiro atoms. The number of benzene rings is 2. The Morgan fingerprint density at radius 2 is 1.48 bits per heavy atom. The van der Waals surface area contributed by atoms with Crippen LogP contribution in [0.5, 0.6) is 5.75 Å². The van der Waals surface area contributed by atoms with E-state index in [4.69, 9.17) is 25.7 Å². The monoisotopic (exact) mass is 954 g/mol. The lowest BCUT2D eigenvalue weighted by atomic mass is 10.0. The van der Waals surface area contributed by atoms with E-state index in [9.17, 15) is 47.0 Å². The van der Waals surface area contributed by atoms with Crippen molar-refractivity contribution in [2.24, 2.45) is 11.5 Å². The first kappa shape index (κ1) is 51.7. The minimum atomic E-state index is -4.68. The Bertz CT molecular complexity index is 1930. The van der Waals surface area contributed by atoms with E-state index in [0.717, 1.165) is 49.3 Å². The third kappa shape index (κ3) is 15.4. The highest BCUT2D eigenvalue weighted by Crippen LogP contribution is 2.42. The molecule has 5 rings (SSSR count). The summed E-state index contributed by atoms with van der Waals surface area (Å²) in [6.07, 6.45) is -1.20. The second-order valence-electron chi connectivity index (χ2n) is 15.7. The number of phenols is 1. The third-order valence-electron chi connectivity index (χ3n) is 10.8. The number of nitrogens with one attached hydrogen (secondary N) is 5. The molecular weight excluding hydrogens is 898 g/mol. The number of thioether (sulfide) groups is 2. The number of halogens is 3. The fourth-order valence-electron chi connectivity index (χ4n) is 6.94. The molecule has 3 saturated heterocycles. The van der Waals surface area contributed by atoms with E-state index >= 15 is 0 Å². The van der Waals surface area contributed by atoms with Crippen LogP contribution in [-0.4, -0.2) is 138 Å². The molecule has 18 nitrogen and oxygen atoms in total. The largest absolute Gasteiger partial charge is 0.508 e. The number of ether oxygens (including phenoxy) is 3. The molecular formula is C42H57F3N8O10S2. The van der Waals surface area contributed by atoms with Gasteiger partial charge in [0.1, 0.15) is 11.8 Å². The molecule has 0 aliphatic carbocycles. The summed E-state index contributed by atoms with van der Waals surface area (Å²) in [6.45, 7) is 2.50. The lowest BCUT2D eigenvalue weighted by Crippen LogP contribution is -2.50. The second kappa shape index (κ2) is 25.0. The Kier molecular flexibility index (Phi) is 19.9. The van der Waals surface area contributed by atoms with Crippen molar-refractivity contribution in [2.75, 3.05) is 58.5 Å². The van der Waals surface area contributed by atoms with Gasteiger partial charge in [-0.2, -0.15) is 24.9 Å². The van der Waals surface area contributed by atoms with Gasteiger partial charge in [-0.1, -0.05) is 42.4 Å². The van der Waals surface area contributed by atoms with Crippen LogP contribution in [0.2, 0.25) is 0 Å². The molecule has 2 aromatic carbocycles. The van der Waals surface area contributed by atoms with Gasteiger partial charge in [0.15, 0.2) is 0 Å². The van der Waals surface area contributed by atoms with Gasteiger partial charge >= 0.3 is 6.18 Å². The maximum absolute atomic E-state index is 13.5. The van der Waals surface area contributed by atoms with Crippen LogP contribution in [0.15, 0.2) is 48.5 Å². The van der Waals surface area contributed by atoms with Crippen LogP contribution in [0.4, 0.5) is 18.0 Å². The highest BCUT2D eigenvalue weighted by Gasteiger charge is 2.65. The molecule has 1 unspecified atom stereocenters. The minimum Gasteiger partial charge on any atom is -0.508 e. The van der Waals surface area contributed by atoms with Crippen molar-refractivity contribution >= 4 is 58.3 Å². The first-order valence-electron chi connectivity index (χ1n) is 21.4. The number of amides is 6. The summed E-state index contributed by atoms with van der Waals surface area (Å²) in [5.41, 5.74) is 14.1. The minimum absolute atomic E-state index is 0.00783. The Morgan fingerprint density at radius 3 is 2.06 bits per heavy atom. The molecule has 3 heterocycles. The maximum atomic E-state index is 13.5. The zero-order valence-corrected chi connectivity index (χ0v) is 37.3. The smallest absolute Gasteiger partial charge is 0.426 e. The Balaban J connectivity index is 0.974. The van der Waals surface area contributed by atoms with Gasteiger partial charge in [0.05, 0.1) is 38.1 Å². The van der Waals surface area contributed by atoms with E-state index in [1.165, 1.54) is 12.1 Å². The van der Waals surface area contributed by atoms with Crippen LogP contribution in [0.1, 0.15) is 66.4 Å². The highest BCUT2D eigenvalue weighted by atomic mass is 32.2. The molecule has 23 heteroatoms. The fourth-order valence-corrected chi connectivity index (χ4v) is 9.41. The lowest BCUT2D eigenvalue weighted by molar-refractivity contribution is -0.165. The molecule has 2 aromatic rings. The van der Waals surface area contributed by atoms with E-state index in [1.54, 1.807) is 12.1 Å². The van der Waals surface area contributed by atoms with E-state index < -0.39 is 58.4 Å². The van der Waals surface area contributed by atoms with E-state index in [-0.39, 0.29) is 67.7 Å². The van der Waals surface area contributed by atoms with Gasteiger partial charge in [0.25, 0.3) is 17.1 Å². The van der Waals surface area contributed by atoms with Crippen molar-refractivity contribution in [1.82, 2.24) is 31.7 Å². The zero-order chi connectivity index (χ0) is 47.0. The topological polar surface area (TPSA) is 286 Å². The Morgan fingerprint density at radius 1 is 0.862 bits per heavy atom. The van der Waals surface area contributed by atoms with Gasteiger partial charge < -0.3 is 46.7 Å². The predicted molar refractivity (Wildman–Crippen MR) is 235 cm³/mol. The second-order valence-corrected chi connectivity index (χ2v) is 18.1. The van der Waals surface area contributed by atoms with Crippen LogP contribution in [-0.2, 0) is 45.5 Å². The number of hydrazine groups is 1. The van der Waals surface area contributed by atoms with Gasteiger partial charge in [-0.15, -0.1) is 0 Å². The van der Waals surface area contributed by atoms with Crippen molar-refractivity contribution in [3.8, 4) is 5.75 Å². The van der Waals surface area contributed by atoms with Crippen LogP contribution in [0, 0.1) is 0 Å². The number of nitrogens with zero attached hydrogens (tertiary/aromatic N) is 1. The number of nitrogens with two attached hydrogens (primary N) is 2. The van der Waals surface area contributed by atoms with E-state index in [2.05, 4.69) is 26.8 Å². The van der Waals surface area contributed by atoms with Crippen molar-refractivity contribution in [3.63, 3.8) is 0 Å². The van der Waals surface area contributed by atoms with Crippen LogP contribution < -0.4 is 38.3 Å². The molecule has 0 radical (unpaired) electrons. The number of hydrogen-bond acceptors (Lipinski definition) is 16. The van der Waals surface area contributed by atoms with Crippen molar-refractivity contribution in [3.05, 3.63) is 65.2 Å². The highest BCUT2D eigenvalue weighted by molar-refractivity contribution is 8.15. The number of hydrogen-bond donors (Lipinski definition) is 8. The number of carbonyl (C=O) groups excluding carboxylic acids is 6. The summed E-state index contributed by atoms with van der Waals surface area (Å²) < 4.78 is 57.3. The van der Waals surface area contributed by atoms with Gasteiger partial charge in [-0.25, -0.2) is 15.8 Å². The molecule has 0 bridgehead atoms. The number of imide groups is 3. The molecule has 358 valence electrons. The van der Waals surface area contributed by atoms with Gasteiger partial charge in [0, 0.05) is 61.4 Å². The summed E-state index contributed by atoms with van der Waals surface area (Å²) >= 11 is 2.45. The number of unbranched alkanes of at least 4 members (excludes halogenated alkanes) is 1. The predicted octanol–water partition coefficient (Wildman–Crippen LogP) is 1.93. The summed E-state index contributed by atoms with van der Waals surface area (Å²) in [7, 11) is 0. The summed E-state index contributed by atoms with van der Waals surface area (Å²) in [6, 6.07) is 8.89. The normalized spacial score (nSPS) is 20.7. The Labute approximate surface area is 382 Å². The molecule has 0 saturated carbocycles. The van der Waals surface area contributed by atoms with Gasteiger partial charge in [-0.05, 0) is 67.5 Å². The molecule has 5 atom stereocenters. The third-order valence-corrected chi connectivity index (χ3v) is 13.4. The van der Waals surface area contributed by atoms with E-state index in [1.807, 2.05) is 11.8 Å².